The highest BCUT2D eigenvalue weighted by Crippen LogP contribution is 2.06. The quantitative estimate of drug-likeness (QED) is 0.813. The molecule has 1 amide bonds. The molecule has 3 nitrogen and oxygen atoms in total. The molecule has 1 rings (SSSR count). The van der Waals surface area contributed by atoms with E-state index in [0.29, 0.717) is 6.54 Å². The van der Waals surface area contributed by atoms with E-state index in [1.165, 1.54) is 0 Å². The lowest BCUT2D eigenvalue weighted by Gasteiger charge is -2.00. The van der Waals surface area contributed by atoms with Gasteiger partial charge in [-0.15, -0.1) is 0 Å². The molecule has 1 aromatic carbocycles. The average molecular weight is 277 g/mol. The van der Waals surface area contributed by atoms with E-state index in [2.05, 4.69) is 27.9 Å². The Kier molecular flexibility index (Phi) is 3.33. The Morgan fingerprint density at radius 3 is 2.50 bits per heavy atom. The smallest absolute Gasteiger partial charge is 0.404 e. The maximum absolute atomic E-state index is 10.1. The van der Waals surface area contributed by atoms with Crippen LogP contribution in [0.3, 0.4) is 0 Å². The van der Waals surface area contributed by atoms with Gasteiger partial charge in [0.05, 0.1) is 0 Å². The molecule has 2 N–H and O–H groups in total. The van der Waals surface area contributed by atoms with Crippen molar-refractivity contribution < 1.29 is 9.90 Å². The third kappa shape index (κ3) is 3.08. The first-order chi connectivity index (χ1) is 5.68. The van der Waals surface area contributed by atoms with Crippen LogP contribution in [0.2, 0.25) is 0 Å². The van der Waals surface area contributed by atoms with Crippen LogP contribution in [-0.4, -0.2) is 11.2 Å². The summed E-state index contributed by atoms with van der Waals surface area (Å²) in [5, 5.41) is 10.6. The molecule has 0 bridgehead atoms. The summed E-state index contributed by atoms with van der Waals surface area (Å²) in [7, 11) is 0. The molecule has 0 aliphatic rings. The molecule has 4 heteroatoms. The lowest BCUT2D eigenvalue weighted by molar-refractivity contribution is 0.194. The number of halogens is 1. The van der Waals surface area contributed by atoms with Crippen LogP contribution in [0.25, 0.3) is 0 Å². The molecule has 64 valence electrons. The van der Waals surface area contributed by atoms with E-state index < -0.39 is 6.09 Å². The van der Waals surface area contributed by atoms with Crippen LogP contribution in [0.5, 0.6) is 0 Å². The van der Waals surface area contributed by atoms with Crippen LogP contribution in [0.1, 0.15) is 5.56 Å². The molecule has 0 spiro atoms. The Morgan fingerprint density at radius 2 is 2.00 bits per heavy atom. The second-order valence-electron chi connectivity index (χ2n) is 2.29. The summed E-state index contributed by atoms with van der Waals surface area (Å²) in [6.45, 7) is 0.367. The predicted molar refractivity (Wildman–Crippen MR) is 54.0 cm³/mol. The van der Waals surface area contributed by atoms with Gasteiger partial charge in [-0.05, 0) is 40.3 Å². The normalized spacial score (nSPS) is 9.42. The van der Waals surface area contributed by atoms with Gasteiger partial charge in [-0.25, -0.2) is 4.79 Å². The van der Waals surface area contributed by atoms with Gasteiger partial charge in [-0.1, -0.05) is 12.1 Å². The topological polar surface area (TPSA) is 49.3 Å². The van der Waals surface area contributed by atoms with Crippen molar-refractivity contribution in [2.75, 3.05) is 0 Å². The molecule has 0 saturated carbocycles. The van der Waals surface area contributed by atoms with E-state index >= 15 is 0 Å². The second kappa shape index (κ2) is 4.30. The summed E-state index contributed by atoms with van der Waals surface area (Å²) in [5.74, 6) is 0. The van der Waals surface area contributed by atoms with E-state index in [0.717, 1.165) is 9.13 Å². The summed E-state index contributed by atoms with van der Waals surface area (Å²) in [5.41, 5.74) is 0.970. The maximum Gasteiger partial charge on any atom is 0.404 e. The molecular weight excluding hydrogens is 269 g/mol. The number of rotatable bonds is 2. The zero-order valence-electron chi connectivity index (χ0n) is 6.25. The van der Waals surface area contributed by atoms with Gasteiger partial charge < -0.3 is 10.4 Å². The molecule has 1 aromatic rings. The van der Waals surface area contributed by atoms with Gasteiger partial charge in [0.25, 0.3) is 0 Å². The Morgan fingerprint density at radius 1 is 1.42 bits per heavy atom. The molecule has 0 atom stereocenters. The van der Waals surface area contributed by atoms with Crippen molar-refractivity contribution in [3.05, 3.63) is 33.4 Å². The van der Waals surface area contributed by atoms with Crippen molar-refractivity contribution in [3.8, 4) is 0 Å². The highest BCUT2D eigenvalue weighted by molar-refractivity contribution is 14.1. The van der Waals surface area contributed by atoms with Gasteiger partial charge >= 0.3 is 6.09 Å². The molecular formula is C8H8INO2. The predicted octanol–water partition coefficient (Wildman–Crippen LogP) is 2.06. The maximum atomic E-state index is 10.1. The Labute approximate surface area is 83.9 Å². The Hall–Kier alpha value is -0.780. The van der Waals surface area contributed by atoms with Crippen LogP contribution in [0.4, 0.5) is 4.79 Å². The minimum atomic E-state index is -0.992. The van der Waals surface area contributed by atoms with Crippen LogP contribution in [0, 0.1) is 3.57 Å². The minimum Gasteiger partial charge on any atom is -0.465 e. The van der Waals surface area contributed by atoms with Gasteiger partial charge in [-0.2, -0.15) is 0 Å². The molecule has 0 aromatic heterocycles. The summed E-state index contributed by atoms with van der Waals surface area (Å²) in [6.07, 6.45) is -0.992. The van der Waals surface area contributed by atoms with Crippen molar-refractivity contribution in [1.29, 1.82) is 0 Å². The van der Waals surface area contributed by atoms with Crippen LogP contribution >= 0.6 is 22.6 Å². The fraction of sp³-hybridized carbons (Fsp3) is 0.125. The minimum absolute atomic E-state index is 0.367. The van der Waals surface area contributed by atoms with E-state index in [-0.39, 0.29) is 0 Å². The fourth-order valence-corrected chi connectivity index (χ4v) is 1.14. The summed E-state index contributed by atoms with van der Waals surface area (Å²) in [6, 6.07) is 7.69. The average Bonchev–Trinajstić information content (AvgIpc) is 2.03. The molecule has 0 aliphatic heterocycles. The standard InChI is InChI=1S/C8H8INO2/c9-7-3-1-6(2-4-7)5-10-8(11)12/h1-4,10H,5H2,(H,11,12). The van der Waals surface area contributed by atoms with Crippen molar-refractivity contribution in [2.24, 2.45) is 0 Å². The molecule has 0 saturated heterocycles. The molecule has 12 heavy (non-hydrogen) atoms. The number of carbonyl (C=O) groups is 1. The van der Waals surface area contributed by atoms with Gasteiger partial charge in [0.15, 0.2) is 0 Å². The number of carboxylic acid groups (broad SMARTS) is 1. The molecule has 0 aliphatic carbocycles. The molecule has 0 radical (unpaired) electrons. The van der Waals surface area contributed by atoms with Crippen molar-refractivity contribution >= 4 is 28.7 Å². The number of benzene rings is 1. The largest absolute Gasteiger partial charge is 0.465 e. The van der Waals surface area contributed by atoms with Gasteiger partial charge in [0, 0.05) is 10.1 Å². The van der Waals surface area contributed by atoms with Crippen molar-refractivity contribution in [1.82, 2.24) is 5.32 Å². The second-order valence-corrected chi connectivity index (χ2v) is 3.53. The first kappa shape index (κ1) is 9.31. The van der Waals surface area contributed by atoms with Crippen LogP contribution < -0.4 is 5.32 Å². The summed E-state index contributed by atoms with van der Waals surface area (Å²) < 4.78 is 1.15. The van der Waals surface area contributed by atoms with Crippen LogP contribution in [-0.2, 0) is 6.54 Å². The van der Waals surface area contributed by atoms with Gasteiger partial charge in [0.1, 0.15) is 0 Å². The van der Waals surface area contributed by atoms with E-state index in [4.69, 9.17) is 5.11 Å². The number of hydrogen-bond acceptors (Lipinski definition) is 1. The molecule has 0 fully saturated rings. The van der Waals surface area contributed by atoms with Crippen LogP contribution in [0.15, 0.2) is 24.3 Å². The molecule has 0 unspecified atom stereocenters. The monoisotopic (exact) mass is 277 g/mol. The number of nitrogens with one attached hydrogen (secondary N) is 1. The zero-order valence-corrected chi connectivity index (χ0v) is 8.41. The van der Waals surface area contributed by atoms with Gasteiger partial charge in [0.2, 0.25) is 0 Å². The number of hydrogen-bond donors (Lipinski definition) is 2. The third-order valence-electron chi connectivity index (χ3n) is 1.36. The highest BCUT2D eigenvalue weighted by Gasteiger charge is 1.95. The SMILES string of the molecule is O=C(O)NCc1ccc(I)cc1. The van der Waals surface area contributed by atoms with Gasteiger partial charge in [-0.3, -0.25) is 0 Å². The van der Waals surface area contributed by atoms with Crippen molar-refractivity contribution in [3.63, 3.8) is 0 Å². The number of amides is 1. The third-order valence-corrected chi connectivity index (χ3v) is 2.08. The van der Waals surface area contributed by atoms with E-state index in [1.807, 2.05) is 24.3 Å². The first-order valence-corrected chi connectivity index (χ1v) is 4.47. The Bertz CT molecular complexity index is 271. The highest BCUT2D eigenvalue weighted by atomic mass is 127. The Balaban J connectivity index is 2.53. The zero-order chi connectivity index (χ0) is 8.97. The lowest BCUT2D eigenvalue weighted by Crippen LogP contribution is -2.19. The summed E-state index contributed by atoms with van der Waals surface area (Å²) >= 11 is 2.20. The molecule has 0 heterocycles. The van der Waals surface area contributed by atoms with Crippen molar-refractivity contribution in [2.45, 2.75) is 6.54 Å². The van der Waals surface area contributed by atoms with E-state index in [9.17, 15) is 4.79 Å². The summed E-state index contributed by atoms with van der Waals surface area (Å²) in [4.78, 5) is 10.1. The first-order valence-electron chi connectivity index (χ1n) is 3.40. The van der Waals surface area contributed by atoms with E-state index in [1.54, 1.807) is 0 Å². The lowest BCUT2D eigenvalue weighted by atomic mass is 10.2. The fourth-order valence-electron chi connectivity index (χ4n) is 0.780.